The molecule has 1 aliphatic heterocycles. The second-order valence-corrected chi connectivity index (χ2v) is 9.43. The summed E-state index contributed by atoms with van der Waals surface area (Å²) in [5.74, 6) is -5.58. The molecule has 2 aromatic carbocycles. The fourth-order valence-electron chi connectivity index (χ4n) is 4.87. The highest BCUT2D eigenvalue weighted by atomic mass is 19.2. The Balaban J connectivity index is 1.36. The molecule has 7 nitrogen and oxygen atoms in total. The highest BCUT2D eigenvalue weighted by molar-refractivity contribution is 5.84. The lowest BCUT2D eigenvalue weighted by Crippen LogP contribution is -2.45. The van der Waals surface area contributed by atoms with Gasteiger partial charge in [-0.3, -0.25) is 14.7 Å². The SMILES string of the molecule is COc1ccc2ncc(F)c(C(O)CCC3(C(=O)O)CCN(CCOc4cc(F)c(F)c(F)c4)CC3)c2c1. The molecule has 2 heterocycles. The van der Waals surface area contributed by atoms with Crippen LogP contribution >= 0.6 is 0 Å². The fraction of sp³-hybridized carbons (Fsp3) is 0.407. The van der Waals surface area contributed by atoms with E-state index in [1.807, 2.05) is 4.90 Å². The smallest absolute Gasteiger partial charge is 0.309 e. The van der Waals surface area contributed by atoms with Crippen molar-refractivity contribution in [2.75, 3.05) is 33.4 Å². The van der Waals surface area contributed by atoms with Crippen LogP contribution in [0.2, 0.25) is 0 Å². The maximum absolute atomic E-state index is 14.7. The molecule has 0 amide bonds. The summed E-state index contributed by atoms with van der Waals surface area (Å²) in [5.41, 5.74) is -0.563. The first-order valence-corrected chi connectivity index (χ1v) is 12.2. The van der Waals surface area contributed by atoms with Crippen molar-refractivity contribution in [2.45, 2.75) is 31.8 Å². The molecule has 11 heteroatoms. The van der Waals surface area contributed by atoms with E-state index in [0.717, 1.165) is 18.3 Å². The Kier molecular flexibility index (Phi) is 8.37. The monoisotopic (exact) mass is 536 g/mol. The summed E-state index contributed by atoms with van der Waals surface area (Å²) in [5, 5.41) is 21.3. The van der Waals surface area contributed by atoms with Crippen LogP contribution in [-0.2, 0) is 4.79 Å². The standard InChI is InChI=1S/C27H28F4N2O5/c1-37-16-2-3-22-18(12-16)24(21(30)15-32-22)23(34)4-5-27(26(35)36)6-8-33(9-7-27)10-11-38-17-13-19(28)25(31)20(29)14-17/h2-3,12-15,23,34H,4-11H2,1H3,(H,35,36). The molecule has 1 aromatic heterocycles. The first kappa shape index (κ1) is 27.6. The first-order chi connectivity index (χ1) is 18.1. The van der Waals surface area contributed by atoms with Crippen LogP contribution in [0.25, 0.3) is 10.9 Å². The third-order valence-electron chi connectivity index (χ3n) is 7.20. The Morgan fingerprint density at radius 2 is 1.76 bits per heavy atom. The molecular formula is C27H28F4N2O5. The molecule has 0 radical (unpaired) electrons. The number of fused-ring (bicyclic) bond motifs is 1. The second kappa shape index (κ2) is 11.5. The van der Waals surface area contributed by atoms with Crippen LogP contribution in [0.4, 0.5) is 17.6 Å². The Bertz CT molecular complexity index is 1290. The zero-order valence-electron chi connectivity index (χ0n) is 20.7. The number of carboxylic acids is 1. The largest absolute Gasteiger partial charge is 0.497 e. The summed E-state index contributed by atoms with van der Waals surface area (Å²) in [7, 11) is 1.47. The van der Waals surface area contributed by atoms with Crippen LogP contribution in [0.5, 0.6) is 11.5 Å². The van der Waals surface area contributed by atoms with Gasteiger partial charge in [-0.1, -0.05) is 0 Å². The van der Waals surface area contributed by atoms with Crippen molar-refractivity contribution in [3.05, 3.63) is 65.4 Å². The average molecular weight is 537 g/mol. The van der Waals surface area contributed by atoms with E-state index in [9.17, 15) is 32.6 Å². The number of aromatic nitrogens is 1. The van der Waals surface area contributed by atoms with E-state index in [-0.39, 0.29) is 30.8 Å². The number of aliphatic hydroxyl groups excluding tert-OH is 1. The van der Waals surface area contributed by atoms with Gasteiger partial charge in [-0.2, -0.15) is 0 Å². The van der Waals surface area contributed by atoms with Gasteiger partial charge < -0.3 is 19.7 Å². The molecular weight excluding hydrogens is 508 g/mol. The summed E-state index contributed by atoms with van der Waals surface area (Å²) < 4.78 is 65.0. The number of aliphatic carboxylic acids is 1. The minimum atomic E-state index is -1.57. The molecule has 1 unspecified atom stereocenters. The molecule has 204 valence electrons. The van der Waals surface area contributed by atoms with Gasteiger partial charge in [0.2, 0.25) is 0 Å². The number of nitrogens with zero attached hydrogens (tertiary/aromatic N) is 2. The number of carboxylic acid groups (broad SMARTS) is 1. The molecule has 1 saturated heterocycles. The van der Waals surface area contributed by atoms with Gasteiger partial charge in [0, 0.05) is 29.6 Å². The predicted molar refractivity (Wildman–Crippen MR) is 130 cm³/mol. The summed E-state index contributed by atoms with van der Waals surface area (Å²) in [6, 6.07) is 6.45. The lowest BCUT2D eigenvalue weighted by Gasteiger charge is -2.39. The quantitative estimate of drug-likeness (QED) is 0.283. The van der Waals surface area contributed by atoms with Crippen LogP contribution in [0.1, 0.15) is 37.4 Å². The van der Waals surface area contributed by atoms with E-state index in [4.69, 9.17) is 9.47 Å². The van der Waals surface area contributed by atoms with E-state index < -0.39 is 40.8 Å². The molecule has 0 bridgehead atoms. The molecule has 1 atom stereocenters. The number of pyridine rings is 1. The summed E-state index contributed by atoms with van der Waals surface area (Å²) in [6.07, 6.45) is 0.548. The summed E-state index contributed by atoms with van der Waals surface area (Å²) in [4.78, 5) is 18.3. The van der Waals surface area contributed by atoms with Crippen LogP contribution in [0, 0.1) is 28.7 Å². The molecule has 4 rings (SSSR count). The van der Waals surface area contributed by atoms with E-state index in [1.54, 1.807) is 18.2 Å². The van der Waals surface area contributed by atoms with E-state index >= 15 is 0 Å². The second-order valence-electron chi connectivity index (χ2n) is 9.43. The molecule has 3 aromatic rings. The van der Waals surface area contributed by atoms with E-state index in [1.165, 1.54) is 7.11 Å². The number of ether oxygens (including phenoxy) is 2. The number of halogens is 4. The lowest BCUT2D eigenvalue weighted by molar-refractivity contribution is -0.153. The molecule has 1 aliphatic rings. The van der Waals surface area contributed by atoms with Crippen molar-refractivity contribution in [1.29, 1.82) is 0 Å². The number of carbonyl (C=O) groups is 1. The predicted octanol–water partition coefficient (Wildman–Crippen LogP) is 4.86. The summed E-state index contributed by atoms with van der Waals surface area (Å²) in [6.45, 7) is 1.28. The number of rotatable bonds is 10. The lowest BCUT2D eigenvalue weighted by atomic mass is 9.74. The third kappa shape index (κ3) is 5.83. The summed E-state index contributed by atoms with van der Waals surface area (Å²) >= 11 is 0. The Morgan fingerprint density at radius 1 is 1.08 bits per heavy atom. The van der Waals surface area contributed by atoms with Gasteiger partial charge >= 0.3 is 5.97 Å². The number of piperidine rings is 1. The first-order valence-electron chi connectivity index (χ1n) is 12.2. The third-order valence-corrected chi connectivity index (χ3v) is 7.20. The Morgan fingerprint density at radius 3 is 2.39 bits per heavy atom. The Hall–Kier alpha value is -3.44. The zero-order valence-corrected chi connectivity index (χ0v) is 20.7. The highest BCUT2D eigenvalue weighted by Gasteiger charge is 2.41. The van der Waals surface area contributed by atoms with Crippen molar-refractivity contribution in [3.63, 3.8) is 0 Å². The van der Waals surface area contributed by atoms with Crippen LogP contribution in [0.15, 0.2) is 36.5 Å². The van der Waals surface area contributed by atoms with Gasteiger partial charge in [0.15, 0.2) is 17.5 Å². The van der Waals surface area contributed by atoms with Gasteiger partial charge in [-0.05, 0) is 57.0 Å². The minimum absolute atomic E-state index is 0.0321. The number of aliphatic hydroxyl groups is 1. The number of hydrogen-bond donors (Lipinski definition) is 2. The topological polar surface area (TPSA) is 92.1 Å². The average Bonchev–Trinajstić information content (AvgIpc) is 2.90. The van der Waals surface area contributed by atoms with Crippen LogP contribution < -0.4 is 9.47 Å². The Labute approximate surface area is 216 Å². The van der Waals surface area contributed by atoms with Crippen molar-refractivity contribution in [2.24, 2.45) is 5.41 Å². The van der Waals surface area contributed by atoms with Crippen molar-refractivity contribution in [3.8, 4) is 11.5 Å². The highest BCUT2D eigenvalue weighted by Crippen LogP contribution is 2.40. The van der Waals surface area contributed by atoms with Gasteiger partial charge in [-0.15, -0.1) is 0 Å². The van der Waals surface area contributed by atoms with Crippen molar-refractivity contribution < 1.29 is 42.0 Å². The van der Waals surface area contributed by atoms with Gasteiger partial charge in [0.25, 0.3) is 0 Å². The van der Waals surface area contributed by atoms with E-state index in [2.05, 4.69) is 4.98 Å². The van der Waals surface area contributed by atoms with Gasteiger partial charge in [0.05, 0.1) is 30.3 Å². The maximum Gasteiger partial charge on any atom is 0.309 e. The van der Waals surface area contributed by atoms with E-state index in [0.29, 0.717) is 49.1 Å². The van der Waals surface area contributed by atoms with Crippen LogP contribution in [-0.4, -0.2) is 59.4 Å². The number of methoxy groups -OCH3 is 1. The van der Waals surface area contributed by atoms with Gasteiger partial charge in [-0.25, -0.2) is 17.6 Å². The minimum Gasteiger partial charge on any atom is -0.497 e. The molecule has 2 N–H and O–H groups in total. The van der Waals surface area contributed by atoms with Crippen molar-refractivity contribution >= 4 is 16.9 Å². The molecule has 38 heavy (non-hydrogen) atoms. The van der Waals surface area contributed by atoms with Crippen molar-refractivity contribution in [1.82, 2.24) is 9.88 Å². The molecule has 1 fully saturated rings. The van der Waals surface area contributed by atoms with Gasteiger partial charge in [0.1, 0.15) is 23.9 Å². The fourth-order valence-corrected chi connectivity index (χ4v) is 4.87. The number of hydrogen-bond acceptors (Lipinski definition) is 6. The molecule has 0 aliphatic carbocycles. The maximum atomic E-state index is 14.7. The normalized spacial score (nSPS) is 16.4. The zero-order chi connectivity index (χ0) is 27.4. The van der Waals surface area contributed by atoms with Crippen LogP contribution in [0.3, 0.4) is 0 Å². The number of benzene rings is 2. The molecule has 0 spiro atoms. The number of likely N-dealkylation sites (tertiary alicyclic amines) is 1. The molecule has 0 saturated carbocycles.